The van der Waals surface area contributed by atoms with Crippen LogP contribution in [0.15, 0.2) is 72.8 Å². The number of nitrogens with zero attached hydrogens (tertiary/aromatic N) is 2. The Hall–Kier alpha value is -2.89. The minimum atomic E-state index is -0.119. The molecule has 1 heterocycles. The summed E-state index contributed by atoms with van der Waals surface area (Å²) in [5, 5.41) is 1.24. The van der Waals surface area contributed by atoms with Crippen LogP contribution in [-0.4, -0.2) is 18.0 Å². The van der Waals surface area contributed by atoms with E-state index in [0.717, 1.165) is 21.5 Å². The van der Waals surface area contributed by atoms with E-state index in [0.29, 0.717) is 22.3 Å². The highest BCUT2D eigenvalue weighted by Gasteiger charge is 2.22. The second-order valence-electron chi connectivity index (χ2n) is 6.21. The van der Waals surface area contributed by atoms with E-state index in [1.165, 1.54) is 11.3 Å². The number of anilines is 1. The lowest BCUT2D eigenvalue weighted by Crippen LogP contribution is -2.30. The molecule has 0 fully saturated rings. The fraction of sp³-hybridized carbons (Fsp3) is 0.0909. The molecule has 0 saturated heterocycles. The largest absolute Gasteiger partial charge is 0.497 e. The highest BCUT2D eigenvalue weighted by Crippen LogP contribution is 2.32. The minimum Gasteiger partial charge on any atom is -0.497 e. The highest BCUT2D eigenvalue weighted by molar-refractivity contribution is 7.22. The fourth-order valence-corrected chi connectivity index (χ4v) is 3.95. The third kappa shape index (κ3) is 3.86. The monoisotopic (exact) mass is 408 g/mol. The Balaban J connectivity index is 1.75. The van der Waals surface area contributed by atoms with Gasteiger partial charge in [0.15, 0.2) is 5.13 Å². The summed E-state index contributed by atoms with van der Waals surface area (Å²) in [4.78, 5) is 19.7. The molecule has 6 heteroatoms. The van der Waals surface area contributed by atoms with Crippen molar-refractivity contribution >= 4 is 44.2 Å². The van der Waals surface area contributed by atoms with Crippen molar-refractivity contribution in [3.05, 3.63) is 88.9 Å². The average Bonchev–Trinajstić information content (AvgIpc) is 3.15. The third-order valence-electron chi connectivity index (χ3n) is 4.33. The zero-order chi connectivity index (χ0) is 19.5. The molecule has 0 spiro atoms. The summed E-state index contributed by atoms with van der Waals surface area (Å²) in [7, 11) is 1.63. The van der Waals surface area contributed by atoms with Crippen molar-refractivity contribution in [1.29, 1.82) is 0 Å². The van der Waals surface area contributed by atoms with Gasteiger partial charge in [0.25, 0.3) is 5.91 Å². The number of hydrogen-bond acceptors (Lipinski definition) is 4. The molecular weight excluding hydrogens is 392 g/mol. The van der Waals surface area contributed by atoms with Crippen LogP contribution in [0.2, 0.25) is 5.02 Å². The van der Waals surface area contributed by atoms with Crippen LogP contribution >= 0.6 is 22.9 Å². The predicted octanol–water partition coefficient (Wildman–Crippen LogP) is 5.81. The van der Waals surface area contributed by atoms with Gasteiger partial charge in [0.1, 0.15) is 5.75 Å². The summed E-state index contributed by atoms with van der Waals surface area (Å²) < 4.78 is 6.29. The Labute approximate surface area is 172 Å². The summed E-state index contributed by atoms with van der Waals surface area (Å²) in [5.41, 5.74) is 2.40. The molecule has 3 aromatic carbocycles. The molecule has 28 heavy (non-hydrogen) atoms. The quantitative estimate of drug-likeness (QED) is 0.418. The maximum Gasteiger partial charge on any atom is 0.260 e. The van der Waals surface area contributed by atoms with Crippen molar-refractivity contribution in [2.45, 2.75) is 6.54 Å². The second kappa shape index (κ2) is 8.00. The smallest absolute Gasteiger partial charge is 0.260 e. The molecular formula is C22H17ClN2O2S. The molecule has 0 aliphatic heterocycles. The van der Waals surface area contributed by atoms with Crippen LogP contribution in [-0.2, 0) is 6.54 Å². The summed E-state index contributed by atoms with van der Waals surface area (Å²) in [5.74, 6) is 0.620. The predicted molar refractivity (Wildman–Crippen MR) is 115 cm³/mol. The Kier molecular flexibility index (Phi) is 5.28. The van der Waals surface area contributed by atoms with Crippen molar-refractivity contribution in [2.75, 3.05) is 12.0 Å². The molecule has 0 N–H and O–H groups in total. The molecule has 140 valence electrons. The van der Waals surface area contributed by atoms with Crippen LogP contribution in [0.4, 0.5) is 5.13 Å². The van der Waals surface area contributed by atoms with E-state index in [1.54, 1.807) is 36.3 Å². The van der Waals surface area contributed by atoms with Gasteiger partial charge in [-0.2, -0.15) is 0 Å². The minimum absolute atomic E-state index is 0.119. The van der Waals surface area contributed by atoms with Gasteiger partial charge in [-0.3, -0.25) is 9.69 Å². The highest BCUT2D eigenvalue weighted by atomic mass is 35.5. The number of amides is 1. The first-order chi connectivity index (χ1) is 13.6. The van der Waals surface area contributed by atoms with Gasteiger partial charge in [0.2, 0.25) is 0 Å². The van der Waals surface area contributed by atoms with Crippen molar-refractivity contribution < 1.29 is 9.53 Å². The number of benzene rings is 3. The van der Waals surface area contributed by atoms with E-state index < -0.39 is 0 Å². The number of halogens is 1. The van der Waals surface area contributed by atoms with E-state index in [2.05, 4.69) is 0 Å². The van der Waals surface area contributed by atoms with Crippen LogP contribution in [0, 0.1) is 0 Å². The van der Waals surface area contributed by atoms with Crippen molar-refractivity contribution in [2.24, 2.45) is 0 Å². The number of fused-ring (bicyclic) bond motifs is 1. The average molecular weight is 409 g/mol. The Morgan fingerprint density at radius 1 is 1.07 bits per heavy atom. The topological polar surface area (TPSA) is 42.4 Å². The van der Waals surface area contributed by atoms with Crippen molar-refractivity contribution in [3.63, 3.8) is 0 Å². The van der Waals surface area contributed by atoms with Gasteiger partial charge < -0.3 is 4.74 Å². The standard InChI is InChI=1S/C22H17ClN2O2S/c1-27-18-11-12-20-19(13-18)24-22(28-20)25(14-15-5-3-2-4-6-15)21(26)16-7-9-17(23)10-8-16/h2-13H,14H2,1H3. The lowest BCUT2D eigenvalue weighted by atomic mass is 10.1. The van der Waals surface area contributed by atoms with E-state index >= 15 is 0 Å². The number of thiazole rings is 1. The van der Waals surface area contributed by atoms with Crippen LogP contribution in [0.3, 0.4) is 0 Å². The molecule has 0 radical (unpaired) electrons. The Morgan fingerprint density at radius 3 is 2.54 bits per heavy atom. The van der Waals surface area contributed by atoms with Gasteiger partial charge >= 0.3 is 0 Å². The van der Waals surface area contributed by atoms with Gasteiger partial charge in [0, 0.05) is 16.7 Å². The number of ether oxygens (including phenoxy) is 1. The first-order valence-corrected chi connectivity index (χ1v) is 9.89. The zero-order valence-corrected chi connectivity index (χ0v) is 16.7. The number of carbonyl (C=O) groups is 1. The first-order valence-electron chi connectivity index (χ1n) is 8.70. The molecule has 1 amide bonds. The van der Waals surface area contributed by atoms with Gasteiger partial charge in [0.05, 0.1) is 23.9 Å². The SMILES string of the molecule is COc1ccc2sc(N(Cc3ccccc3)C(=O)c3ccc(Cl)cc3)nc2c1. The Bertz CT molecular complexity index is 1110. The molecule has 0 aliphatic rings. The maximum absolute atomic E-state index is 13.3. The summed E-state index contributed by atoms with van der Waals surface area (Å²) >= 11 is 7.46. The lowest BCUT2D eigenvalue weighted by Gasteiger charge is -2.20. The molecule has 0 unspecified atom stereocenters. The van der Waals surface area contributed by atoms with E-state index in [4.69, 9.17) is 21.3 Å². The van der Waals surface area contributed by atoms with Crippen LogP contribution in [0.25, 0.3) is 10.2 Å². The number of rotatable bonds is 5. The number of methoxy groups -OCH3 is 1. The van der Waals surface area contributed by atoms with Gasteiger partial charge in [-0.05, 0) is 42.0 Å². The van der Waals surface area contributed by atoms with Gasteiger partial charge in [-0.15, -0.1) is 0 Å². The summed E-state index contributed by atoms with van der Waals surface area (Å²) in [6, 6.07) is 22.5. The molecule has 4 rings (SSSR count). The fourth-order valence-electron chi connectivity index (χ4n) is 2.88. The van der Waals surface area contributed by atoms with Crippen LogP contribution in [0.1, 0.15) is 15.9 Å². The molecule has 0 aliphatic carbocycles. The van der Waals surface area contributed by atoms with Gasteiger partial charge in [-0.1, -0.05) is 53.3 Å². The maximum atomic E-state index is 13.3. The number of aromatic nitrogens is 1. The van der Waals surface area contributed by atoms with Crippen molar-refractivity contribution in [3.8, 4) is 5.75 Å². The molecule has 1 aromatic heterocycles. The summed E-state index contributed by atoms with van der Waals surface area (Å²) in [6.07, 6.45) is 0. The third-order valence-corrected chi connectivity index (χ3v) is 5.65. The normalized spacial score (nSPS) is 10.8. The second-order valence-corrected chi connectivity index (χ2v) is 7.66. The molecule has 4 aromatic rings. The first kappa shape index (κ1) is 18.5. The Morgan fingerprint density at radius 2 is 1.82 bits per heavy atom. The molecule has 0 bridgehead atoms. The number of hydrogen-bond donors (Lipinski definition) is 0. The van der Waals surface area contributed by atoms with Gasteiger partial charge in [-0.25, -0.2) is 4.98 Å². The van der Waals surface area contributed by atoms with E-state index in [-0.39, 0.29) is 5.91 Å². The molecule has 0 atom stereocenters. The zero-order valence-electron chi connectivity index (χ0n) is 15.1. The number of carbonyl (C=O) groups excluding carboxylic acids is 1. The molecule has 4 nitrogen and oxygen atoms in total. The van der Waals surface area contributed by atoms with E-state index in [1.807, 2.05) is 48.5 Å². The van der Waals surface area contributed by atoms with Crippen LogP contribution in [0.5, 0.6) is 5.75 Å². The van der Waals surface area contributed by atoms with E-state index in [9.17, 15) is 4.79 Å². The lowest BCUT2D eigenvalue weighted by molar-refractivity contribution is 0.0985. The molecule has 0 saturated carbocycles. The summed E-state index contributed by atoms with van der Waals surface area (Å²) in [6.45, 7) is 0.430. The van der Waals surface area contributed by atoms with Crippen molar-refractivity contribution in [1.82, 2.24) is 4.98 Å². The van der Waals surface area contributed by atoms with Crippen LogP contribution < -0.4 is 9.64 Å².